The Morgan fingerprint density at radius 2 is 1.41 bits per heavy atom. The lowest BCUT2D eigenvalue weighted by Gasteiger charge is -2.42. The highest BCUT2D eigenvalue weighted by atomic mass is 35.5. The SMILES string of the molecule is CC(C)(C)[Si](C)(C)OC[C@H]1OC(OS(C)(=O)=O)C(Cl)(Cl)[C@@H]1O[Si](C)(C)C(C)(C)C. The molecule has 0 amide bonds. The van der Waals surface area contributed by atoms with Crippen molar-refractivity contribution in [2.75, 3.05) is 12.9 Å². The molecule has 0 aromatic carbocycles. The molecule has 1 saturated heterocycles. The fourth-order valence-corrected chi connectivity index (χ4v) is 5.90. The summed E-state index contributed by atoms with van der Waals surface area (Å²) in [6.45, 7) is 21.3. The number of rotatable bonds is 7. The minimum Gasteiger partial charge on any atom is -0.414 e. The first-order valence-electron chi connectivity index (χ1n) is 9.74. The second-order valence-corrected chi connectivity index (χ2v) is 23.5. The van der Waals surface area contributed by atoms with Crippen LogP contribution < -0.4 is 0 Å². The zero-order chi connectivity index (χ0) is 23.3. The van der Waals surface area contributed by atoms with Gasteiger partial charge in [-0.05, 0) is 36.3 Å². The molecule has 0 aliphatic carbocycles. The van der Waals surface area contributed by atoms with Gasteiger partial charge < -0.3 is 13.6 Å². The number of alkyl halides is 2. The van der Waals surface area contributed by atoms with Crippen LogP contribution in [0.25, 0.3) is 0 Å². The second-order valence-electron chi connectivity index (χ2n) is 10.9. The van der Waals surface area contributed by atoms with Crippen LogP contribution in [0.4, 0.5) is 0 Å². The molecule has 11 heteroatoms. The van der Waals surface area contributed by atoms with Crippen molar-refractivity contribution >= 4 is 50.0 Å². The highest BCUT2D eigenvalue weighted by molar-refractivity contribution is 7.86. The van der Waals surface area contributed by atoms with Crippen LogP contribution in [0.15, 0.2) is 0 Å². The van der Waals surface area contributed by atoms with Crippen molar-refractivity contribution in [3.05, 3.63) is 0 Å². The number of hydrogen-bond donors (Lipinski definition) is 0. The Hall–Kier alpha value is 0.804. The van der Waals surface area contributed by atoms with E-state index in [-0.39, 0.29) is 16.7 Å². The summed E-state index contributed by atoms with van der Waals surface area (Å²) >= 11 is 13.2. The summed E-state index contributed by atoms with van der Waals surface area (Å²) in [6.07, 6.45) is -1.88. The summed E-state index contributed by atoms with van der Waals surface area (Å²) in [5.41, 5.74) is 0. The molecule has 0 bridgehead atoms. The second kappa shape index (κ2) is 8.63. The molecule has 0 radical (unpaired) electrons. The van der Waals surface area contributed by atoms with E-state index in [1.54, 1.807) is 0 Å². The van der Waals surface area contributed by atoms with Crippen LogP contribution in [-0.4, -0.2) is 60.7 Å². The van der Waals surface area contributed by atoms with Gasteiger partial charge in [-0.15, -0.1) is 0 Å². The van der Waals surface area contributed by atoms with Crippen molar-refractivity contribution in [2.24, 2.45) is 0 Å². The first-order chi connectivity index (χ1) is 12.5. The molecule has 0 saturated carbocycles. The van der Waals surface area contributed by atoms with Gasteiger partial charge in [-0.1, -0.05) is 64.7 Å². The van der Waals surface area contributed by atoms with E-state index in [1.807, 2.05) is 0 Å². The molecular formula is C18H38Cl2O6SSi2. The molecule has 0 aromatic rings. The third-order valence-corrected chi connectivity index (χ3v) is 16.5. The first kappa shape index (κ1) is 27.8. The quantitative estimate of drug-likeness (QED) is 0.264. The highest BCUT2D eigenvalue weighted by Gasteiger charge is 2.60. The lowest BCUT2D eigenvalue weighted by atomic mass is 10.2. The average molecular weight is 510 g/mol. The van der Waals surface area contributed by atoms with E-state index in [0.717, 1.165) is 6.26 Å². The molecule has 174 valence electrons. The molecule has 29 heavy (non-hydrogen) atoms. The average Bonchev–Trinajstić information content (AvgIpc) is 2.64. The summed E-state index contributed by atoms with van der Waals surface area (Å²) < 4.78 is 45.4. The summed E-state index contributed by atoms with van der Waals surface area (Å²) in [7, 11) is -8.21. The van der Waals surface area contributed by atoms with E-state index in [0.29, 0.717) is 0 Å². The topological polar surface area (TPSA) is 71.1 Å². The Kier molecular flexibility index (Phi) is 8.28. The third kappa shape index (κ3) is 6.89. The van der Waals surface area contributed by atoms with E-state index in [2.05, 4.69) is 67.7 Å². The minimum absolute atomic E-state index is 0.00304. The Balaban J connectivity index is 3.21. The minimum atomic E-state index is -3.83. The molecule has 1 unspecified atom stereocenters. The van der Waals surface area contributed by atoms with Gasteiger partial charge in [-0.25, -0.2) is 4.18 Å². The van der Waals surface area contributed by atoms with Crippen LogP contribution >= 0.6 is 23.2 Å². The molecule has 0 N–H and O–H groups in total. The normalized spacial score (nSPS) is 26.7. The van der Waals surface area contributed by atoms with Crippen LogP contribution in [0.5, 0.6) is 0 Å². The van der Waals surface area contributed by atoms with Crippen LogP contribution in [0.1, 0.15) is 41.5 Å². The highest BCUT2D eigenvalue weighted by Crippen LogP contribution is 2.48. The van der Waals surface area contributed by atoms with Gasteiger partial charge in [0.15, 0.2) is 21.0 Å². The molecule has 1 aliphatic heterocycles. The van der Waals surface area contributed by atoms with Crippen molar-refractivity contribution in [1.29, 1.82) is 0 Å². The Bertz CT molecular complexity index is 683. The van der Waals surface area contributed by atoms with Crippen molar-refractivity contribution in [3.8, 4) is 0 Å². The zero-order valence-corrected chi connectivity index (χ0v) is 23.9. The van der Waals surface area contributed by atoms with Gasteiger partial charge >= 0.3 is 0 Å². The summed E-state index contributed by atoms with van der Waals surface area (Å²) in [5, 5.41) is -0.0967. The summed E-state index contributed by atoms with van der Waals surface area (Å²) in [5.74, 6) is 0. The van der Waals surface area contributed by atoms with Crippen LogP contribution in [-0.2, 0) is 27.9 Å². The maximum Gasteiger partial charge on any atom is 0.266 e. The Labute approximate surface area is 189 Å². The van der Waals surface area contributed by atoms with E-state index in [4.69, 9.17) is 41.0 Å². The van der Waals surface area contributed by atoms with E-state index in [9.17, 15) is 8.42 Å². The van der Waals surface area contributed by atoms with E-state index >= 15 is 0 Å². The van der Waals surface area contributed by atoms with E-state index < -0.39 is 49.6 Å². The molecule has 1 rings (SSSR count). The molecule has 6 nitrogen and oxygen atoms in total. The van der Waals surface area contributed by atoms with Crippen LogP contribution in [0, 0.1) is 0 Å². The monoisotopic (exact) mass is 508 g/mol. The van der Waals surface area contributed by atoms with Crippen molar-refractivity contribution < 1.29 is 26.2 Å². The standard InChI is InChI=1S/C18H38Cl2O6SSi2/c1-16(2,3)28(8,9)23-12-13-14(26-29(10,11)17(4,5)6)18(19,20)15(24-13)25-27(7,21)22/h13-15H,12H2,1-11H3/t13-,14-,15?/m1/s1. The van der Waals surface area contributed by atoms with E-state index in [1.165, 1.54) is 0 Å². The molecule has 1 fully saturated rings. The fourth-order valence-electron chi connectivity index (χ4n) is 2.23. The smallest absolute Gasteiger partial charge is 0.266 e. The van der Waals surface area contributed by atoms with Crippen LogP contribution in [0.2, 0.25) is 36.3 Å². The van der Waals surface area contributed by atoms with Crippen molar-refractivity contribution in [1.82, 2.24) is 0 Å². The Morgan fingerprint density at radius 3 is 1.79 bits per heavy atom. The van der Waals surface area contributed by atoms with Gasteiger partial charge in [-0.3, -0.25) is 0 Å². The number of hydrogen-bond acceptors (Lipinski definition) is 6. The van der Waals surface area contributed by atoms with Gasteiger partial charge in [0.25, 0.3) is 10.1 Å². The maximum atomic E-state index is 11.7. The largest absolute Gasteiger partial charge is 0.414 e. The molecular weight excluding hydrogens is 471 g/mol. The predicted molar refractivity (Wildman–Crippen MR) is 124 cm³/mol. The molecule has 0 aromatic heterocycles. The van der Waals surface area contributed by atoms with Crippen LogP contribution in [0.3, 0.4) is 0 Å². The predicted octanol–water partition coefficient (Wildman–Crippen LogP) is 5.27. The molecule has 1 heterocycles. The molecule has 1 aliphatic rings. The van der Waals surface area contributed by atoms with Gasteiger partial charge in [0, 0.05) is 0 Å². The van der Waals surface area contributed by atoms with Crippen molar-refractivity contribution in [2.45, 2.75) is 101 Å². The molecule has 0 spiro atoms. The first-order valence-corrected chi connectivity index (χ1v) is 18.1. The maximum absolute atomic E-state index is 11.7. The van der Waals surface area contributed by atoms with Crippen molar-refractivity contribution in [3.63, 3.8) is 0 Å². The van der Waals surface area contributed by atoms with Gasteiger partial charge in [-0.2, -0.15) is 8.42 Å². The van der Waals surface area contributed by atoms with Gasteiger partial charge in [0.1, 0.15) is 12.2 Å². The summed E-state index contributed by atoms with van der Waals surface area (Å²) in [4.78, 5) is 0. The Morgan fingerprint density at radius 1 is 0.966 bits per heavy atom. The number of halogens is 2. The molecule has 3 atom stereocenters. The lowest BCUT2D eigenvalue weighted by Crippen LogP contribution is -2.53. The fraction of sp³-hybridized carbons (Fsp3) is 1.00. The number of ether oxygens (including phenoxy) is 1. The van der Waals surface area contributed by atoms with Gasteiger partial charge in [0.05, 0.1) is 12.9 Å². The zero-order valence-electron chi connectivity index (χ0n) is 19.6. The van der Waals surface area contributed by atoms with Gasteiger partial charge in [0.2, 0.25) is 6.29 Å². The summed E-state index contributed by atoms with van der Waals surface area (Å²) in [6, 6.07) is 0. The third-order valence-electron chi connectivity index (χ3n) is 6.23. The lowest BCUT2D eigenvalue weighted by molar-refractivity contribution is -0.0888.